The van der Waals surface area contributed by atoms with E-state index >= 15 is 0 Å². The van der Waals surface area contributed by atoms with Gasteiger partial charge in [-0.05, 0) is 6.92 Å². The van der Waals surface area contributed by atoms with Crippen molar-refractivity contribution in [3.8, 4) is 0 Å². The molecule has 8 heavy (non-hydrogen) atoms. The van der Waals surface area contributed by atoms with Crippen molar-refractivity contribution in [1.29, 1.82) is 0 Å². The molecule has 0 rings (SSSR count). The molecule has 0 aromatic carbocycles. The number of hydrogen-bond donors (Lipinski definition) is 3. The summed E-state index contributed by atoms with van der Waals surface area (Å²) in [6, 6.07) is 0. The average molecular weight is 123 g/mol. The van der Waals surface area contributed by atoms with Gasteiger partial charge in [0.2, 0.25) is 0 Å². The molecular formula is C3H13N3O2. The standard InChI is InChI=1S/C3H7NO2.2H3N/c1-2-6-3(4)5;;/h2H2,1H3,(H2,4,5);2*1H3. The molecule has 0 aliphatic rings. The Hall–Kier alpha value is -0.810. The van der Waals surface area contributed by atoms with Crippen LogP contribution in [0.4, 0.5) is 4.79 Å². The van der Waals surface area contributed by atoms with E-state index in [9.17, 15) is 4.79 Å². The Labute approximate surface area is 48.4 Å². The van der Waals surface area contributed by atoms with Crippen LogP contribution in [0.2, 0.25) is 0 Å². The van der Waals surface area contributed by atoms with Crippen LogP contribution in [-0.4, -0.2) is 12.7 Å². The van der Waals surface area contributed by atoms with Crippen molar-refractivity contribution in [2.75, 3.05) is 6.61 Å². The molecule has 0 aromatic heterocycles. The zero-order valence-electron chi connectivity index (χ0n) is 5.02. The van der Waals surface area contributed by atoms with Gasteiger partial charge in [-0.3, -0.25) is 0 Å². The number of primary amides is 1. The summed E-state index contributed by atoms with van der Waals surface area (Å²) >= 11 is 0. The van der Waals surface area contributed by atoms with Crippen LogP contribution in [0, 0.1) is 0 Å². The summed E-state index contributed by atoms with van der Waals surface area (Å²) in [5.74, 6) is 0. The SMILES string of the molecule is CCOC(N)=O.N.N. The molecular weight excluding hydrogens is 110 g/mol. The number of hydrogen-bond acceptors (Lipinski definition) is 4. The van der Waals surface area contributed by atoms with E-state index in [-0.39, 0.29) is 12.3 Å². The van der Waals surface area contributed by atoms with Gasteiger partial charge < -0.3 is 22.8 Å². The summed E-state index contributed by atoms with van der Waals surface area (Å²) in [7, 11) is 0. The zero-order chi connectivity index (χ0) is 4.99. The molecule has 0 unspecified atom stereocenters. The van der Waals surface area contributed by atoms with Crippen molar-refractivity contribution < 1.29 is 9.53 Å². The topological polar surface area (TPSA) is 122 Å². The van der Waals surface area contributed by atoms with Gasteiger partial charge in [0.25, 0.3) is 0 Å². The molecule has 8 N–H and O–H groups in total. The molecule has 0 saturated heterocycles. The van der Waals surface area contributed by atoms with Gasteiger partial charge in [0.1, 0.15) is 0 Å². The molecule has 0 spiro atoms. The van der Waals surface area contributed by atoms with Crippen LogP contribution in [0.1, 0.15) is 6.92 Å². The lowest BCUT2D eigenvalue weighted by molar-refractivity contribution is 0.163. The minimum absolute atomic E-state index is 0. The van der Waals surface area contributed by atoms with E-state index < -0.39 is 6.09 Å². The van der Waals surface area contributed by atoms with Crippen molar-refractivity contribution in [3.05, 3.63) is 0 Å². The predicted molar refractivity (Wildman–Crippen MR) is 31.3 cm³/mol. The Kier molecular flexibility index (Phi) is 18.6. The molecule has 0 aliphatic heterocycles. The van der Waals surface area contributed by atoms with Gasteiger partial charge in [-0.1, -0.05) is 0 Å². The lowest BCUT2D eigenvalue weighted by Crippen LogP contribution is -2.11. The van der Waals surface area contributed by atoms with E-state index in [1.165, 1.54) is 0 Å². The number of nitrogens with two attached hydrogens (primary N) is 1. The average Bonchev–Trinajstić information content (AvgIpc) is 1.35. The quantitative estimate of drug-likeness (QED) is 0.467. The Balaban J connectivity index is -0.000000125. The minimum Gasteiger partial charge on any atom is -0.450 e. The third-order valence-corrected chi connectivity index (χ3v) is 0.287. The molecule has 0 fully saturated rings. The summed E-state index contributed by atoms with van der Waals surface area (Å²) in [4.78, 5) is 9.60. The first-order valence-corrected chi connectivity index (χ1v) is 1.69. The molecule has 0 saturated carbocycles. The molecule has 1 amide bonds. The van der Waals surface area contributed by atoms with Crippen molar-refractivity contribution in [2.45, 2.75) is 6.92 Å². The van der Waals surface area contributed by atoms with Gasteiger partial charge in [0.15, 0.2) is 0 Å². The summed E-state index contributed by atoms with van der Waals surface area (Å²) in [5.41, 5.74) is 4.54. The largest absolute Gasteiger partial charge is 0.450 e. The van der Waals surface area contributed by atoms with E-state index in [1.54, 1.807) is 6.92 Å². The smallest absolute Gasteiger partial charge is 0.404 e. The molecule has 0 radical (unpaired) electrons. The monoisotopic (exact) mass is 123 g/mol. The Bertz CT molecular complexity index is 56.5. The Morgan fingerprint density at radius 3 is 2.00 bits per heavy atom. The van der Waals surface area contributed by atoms with Crippen LogP contribution in [0.25, 0.3) is 0 Å². The highest BCUT2D eigenvalue weighted by molar-refractivity contribution is 5.64. The van der Waals surface area contributed by atoms with Crippen LogP contribution in [-0.2, 0) is 4.74 Å². The highest BCUT2D eigenvalue weighted by atomic mass is 16.5. The second-order valence-electron chi connectivity index (χ2n) is 0.752. The van der Waals surface area contributed by atoms with Crippen molar-refractivity contribution in [3.63, 3.8) is 0 Å². The number of carbonyl (C=O) groups excluding carboxylic acids is 1. The minimum atomic E-state index is -0.711. The molecule has 0 heterocycles. The van der Waals surface area contributed by atoms with E-state index in [4.69, 9.17) is 0 Å². The molecule has 0 atom stereocenters. The van der Waals surface area contributed by atoms with Crippen molar-refractivity contribution in [1.82, 2.24) is 12.3 Å². The third-order valence-electron chi connectivity index (χ3n) is 0.287. The van der Waals surface area contributed by atoms with E-state index in [0.29, 0.717) is 6.61 Å². The fourth-order valence-electron chi connectivity index (χ4n) is 0.142. The van der Waals surface area contributed by atoms with Gasteiger partial charge in [-0.15, -0.1) is 0 Å². The second-order valence-corrected chi connectivity index (χ2v) is 0.752. The van der Waals surface area contributed by atoms with E-state index in [2.05, 4.69) is 10.5 Å². The number of rotatable bonds is 1. The molecule has 0 bridgehead atoms. The van der Waals surface area contributed by atoms with Crippen LogP contribution in [0.15, 0.2) is 0 Å². The van der Waals surface area contributed by atoms with Gasteiger partial charge >= 0.3 is 6.09 Å². The maximum absolute atomic E-state index is 9.60. The molecule has 52 valence electrons. The van der Waals surface area contributed by atoms with Crippen LogP contribution in [0.5, 0.6) is 0 Å². The first-order chi connectivity index (χ1) is 2.77. The summed E-state index contributed by atoms with van der Waals surface area (Å²) < 4.78 is 4.18. The number of carbonyl (C=O) groups is 1. The third kappa shape index (κ3) is 19.0. The lowest BCUT2D eigenvalue weighted by atomic mass is 10.9. The fraction of sp³-hybridized carbons (Fsp3) is 0.667. The van der Waals surface area contributed by atoms with Gasteiger partial charge in [0.05, 0.1) is 6.61 Å². The van der Waals surface area contributed by atoms with Crippen molar-refractivity contribution in [2.24, 2.45) is 5.73 Å². The summed E-state index contributed by atoms with van der Waals surface area (Å²) in [5, 5.41) is 0. The van der Waals surface area contributed by atoms with Crippen LogP contribution < -0.4 is 18.0 Å². The maximum atomic E-state index is 9.60. The normalized spacial score (nSPS) is 5.62. The Morgan fingerprint density at radius 2 is 2.00 bits per heavy atom. The highest BCUT2D eigenvalue weighted by Gasteiger charge is 1.82. The maximum Gasteiger partial charge on any atom is 0.404 e. The molecule has 5 heteroatoms. The van der Waals surface area contributed by atoms with Crippen LogP contribution >= 0.6 is 0 Å². The summed E-state index contributed by atoms with van der Waals surface area (Å²) in [6.45, 7) is 2.06. The first kappa shape index (κ1) is 15.7. The van der Waals surface area contributed by atoms with Gasteiger partial charge in [-0.25, -0.2) is 4.79 Å². The van der Waals surface area contributed by atoms with Gasteiger partial charge in [0, 0.05) is 0 Å². The number of ether oxygens (including phenoxy) is 1. The number of amides is 1. The van der Waals surface area contributed by atoms with Gasteiger partial charge in [-0.2, -0.15) is 0 Å². The van der Waals surface area contributed by atoms with Crippen LogP contribution in [0.3, 0.4) is 0 Å². The summed E-state index contributed by atoms with van der Waals surface area (Å²) in [6.07, 6.45) is -0.711. The highest BCUT2D eigenvalue weighted by Crippen LogP contribution is 1.66. The predicted octanol–water partition coefficient (Wildman–Crippen LogP) is 0.426. The first-order valence-electron chi connectivity index (χ1n) is 1.69. The lowest BCUT2D eigenvalue weighted by Gasteiger charge is -1.89. The van der Waals surface area contributed by atoms with Crippen molar-refractivity contribution >= 4 is 6.09 Å². The molecule has 5 nitrogen and oxygen atoms in total. The van der Waals surface area contributed by atoms with E-state index in [1.807, 2.05) is 0 Å². The Morgan fingerprint density at radius 1 is 1.62 bits per heavy atom. The zero-order valence-corrected chi connectivity index (χ0v) is 5.02. The fourth-order valence-corrected chi connectivity index (χ4v) is 0.142. The molecule has 0 aromatic rings. The molecule has 0 aliphatic carbocycles. The van der Waals surface area contributed by atoms with E-state index in [0.717, 1.165) is 0 Å². The second kappa shape index (κ2) is 9.50.